The second-order valence-electron chi connectivity index (χ2n) is 9.88. The lowest BCUT2D eigenvalue weighted by Crippen LogP contribution is -2.18. The molecule has 0 bridgehead atoms. The largest absolute Gasteiger partial charge is 0.337 e. The zero-order chi connectivity index (χ0) is 26.5. The normalized spacial score (nSPS) is 14.1. The van der Waals surface area contributed by atoms with Gasteiger partial charge in [-0.25, -0.2) is 9.37 Å². The van der Waals surface area contributed by atoms with Crippen LogP contribution >= 0.6 is 11.3 Å². The van der Waals surface area contributed by atoms with Crippen molar-refractivity contribution in [1.29, 1.82) is 0 Å². The lowest BCUT2D eigenvalue weighted by molar-refractivity contribution is 0.102. The van der Waals surface area contributed by atoms with Gasteiger partial charge < -0.3 is 4.98 Å². The monoisotopic (exact) mass is 537 g/mol. The number of hydrogen-bond acceptors (Lipinski definition) is 7. The Balaban J connectivity index is 1.29. The van der Waals surface area contributed by atoms with Crippen LogP contribution < -0.4 is 0 Å². The van der Waals surface area contributed by atoms with E-state index in [-0.39, 0.29) is 11.3 Å². The molecule has 0 unspecified atom stereocenters. The molecule has 39 heavy (non-hydrogen) atoms. The van der Waals surface area contributed by atoms with Crippen molar-refractivity contribution in [2.24, 2.45) is 0 Å². The van der Waals surface area contributed by atoms with Gasteiger partial charge in [0.25, 0.3) is 0 Å². The van der Waals surface area contributed by atoms with Crippen LogP contribution in [0.3, 0.4) is 0 Å². The maximum Gasteiger partial charge on any atom is 0.169 e. The van der Waals surface area contributed by atoms with E-state index in [1.54, 1.807) is 25.4 Å². The third-order valence-electron chi connectivity index (χ3n) is 7.17. The third-order valence-corrected chi connectivity index (χ3v) is 8.36. The molecule has 6 heterocycles. The first-order valence-corrected chi connectivity index (χ1v) is 13.7. The summed E-state index contributed by atoms with van der Waals surface area (Å²) in [5.74, 6) is 0.131. The fraction of sp³-hybridized carbons (Fsp3) is 0.207. The summed E-state index contributed by atoms with van der Waals surface area (Å²) in [6.45, 7) is 4.59. The highest BCUT2D eigenvalue weighted by molar-refractivity contribution is 7.17. The van der Waals surface area contributed by atoms with E-state index in [1.807, 2.05) is 24.4 Å². The molecule has 5 aromatic heterocycles. The number of benzene rings is 1. The zero-order valence-corrected chi connectivity index (χ0v) is 22.0. The third kappa shape index (κ3) is 4.31. The molecule has 0 aliphatic carbocycles. The van der Waals surface area contributed by atoms with Crippen LogP contribution in [-0.2, 0) is 6.54 Å². The summed E-state index contributed by atoms with van der Waals surface area (Å²) in [6.07, 6.45) is 7.81. The van der Waals surface area contributed by atoms with Gasteiger partial charge in [-0.15, -0.1) is 11.3 Å². The number of carbonyl (C=O) groups excluding carboxylic acids is 1. The van der Waals surface area contributed by atoms with Crippen LogP contribution in [0.5, 0.6) is 0 Å². The summed E-state index contributed by atoms with van der Waals surface area (Å²) in [5, 5.41) is 7.86. The van der Waals surface area contributed by atoms with E-state index in [0.29, 0.717) is 33.0 Å². The predicted molar refractivity (Wildman–Crippen MR) is 150 cm³/mol. The van der Waals surface area contributed by atoms with Crippen molar-refractivity contribution in [3.8, 4) is 33.2 Å². The van der Waals surface area contributed by atoms with E-state index in [1.165, 1.54) is 30.2 Å². The molecule has 194 valence electrons. The van der Waals surface area contributed by atoms with Gasteiger partial charge in [0.15, 0.2) is 17.4 Å². The van der Waals surface area contributed by atoms with Crippen molar-refractivity contribution in [2.75, 3.05) is 13.1 Å². The summed E-state index contributed by atoms with van der Waals surface area (Å²) >= 11 is 1.39. The molecule has 0 atom stereocenters. The Labute approximate surface area is 227 Å². The Morgan fingerprint density at radius 1 is 1.08 bits per heavy atom. The van der Waals surface area contributed by atoms with Gasteiger partial charge >= 0.3 is 0 Å². The summed E-state index contributed by atoms with van der Waals surface area (Å²) in [6, 6.07) is 11.1. The lowest BCUT2D eigenvalue weighted by Gasteiger charge is -2.14. The van der Waals surface area contributed by atoms with Gasteiger partial charge in [0, 0.05) is 36.1 Å². The Morgan fingerprint density at radius 2 is 1.95 bits per heavy atom. The SMILES string of the molecule is CC(=O)c1ccc(-c2nccc3[nH]c(-c4[nH]nc5c(F)cc(-c6cncc(CN7CCCC7)c6)cc45)nc23)s1. The molecule has 8 nitrogen and oxygen atoms in total. The van der Waals surface area contributed by atoms with Crippen molar-refractivity contribution < 1.29 is 9.18 Å². The van der Waals surface area contributed by atoms with Crippen LogP contribution in [0.1, 0.15) is 35.0 Å². The van der Waals surface area contributed by atoms with Gasteiger partial charge in [0.1, 0.15) is 22.4 Å². The van der Waals surface area contributed by atoms with E-state index in [0.717, 1.165) is 46.7 Å². The molecule has 0 amide bonds. The van der Waals surface area contributed by atoms with Crippen LogP contribution in [-0.4, -0.2) is 53.9 Å². The fourth-order valence-corrected chi connectivity index (χ4v) is 6.14. The number of ketones is 1. The number of thiophene rings is 1. The van der Waals surface area contributed by atoms with Crippen LogP contribution in [0.25, 0.3) is 55.2 Å². The number of H-pyrrole nitrogens is 2. The first-order chi connectivity index (χ1) is 19.0. The van der Waals surface area contributed by atoms with Gasteiger partial charge in [0.2, 0.25) is 0 Å². The summed E-state index contributed by atoms with van der Waals surface area (Å²) in [4.78, 5) is 32.9. The van der Waals surface area contributed by atoms with Gasteiger partial charge in [-0.2, -0.15) is 5.10 Å². The summed E-state index contributed by atoms with van der Waals surface area (Å²) < 4.78 is 15.3. The number of rotatable bonds is 6. The van der Waals surface area contributed by atoms with Crippen molar-refractivity contribution >= 4 is 39.1 Å². The Kier molecular flexibility index (Phi) is 5.79. The smallest absolute Gasteiger partial charge is 0.169 e. The van der Waals surface area contributed by atoms with Crippen molar-refractivity contribution in [3.05, 3.63) is 71.2 Å². The number of fused-ring (bicyclic) bond motifs is 2. The van der Waals surface area contributed by atoms with E-state index in [9.17, 15) is 4.79 Å². The maximum atomic E-state index is 15.3. The minimum absolute atomic E-state index is 0.0136. The van der Waals surface area contributed by atoms with Crippen LogP contribution in [0.15, 0.2) is 55.0 Å². The number of hydrogen-bond donors (Lipinski definition) is 2. The minimum atomic E-state index is -0.413. The van der Waals surface area contributed by atoms with Gasteiger partial charge in [-0.3, -0.25) is 24.8 Å². The molecule has 10 heteroatoms. The van der Waals surface area contributed by atoms with Crippen LogP contribution in [0.2, 0.25) is 0 Å². The highest BCUT2D eigenvalue weighted by atomic mass is 32.1. The lowest BCUT2D eigenvalue weighted by atomic mass is 10.0. The van der Waals surface area contributed by atoms with Crippen LogP contribution in [0.4, 0.5) is 4.39 Å². The summed E-state index contributed by atoms with van der Waals surface area (Å²) in [7, 11) is 0. The molecule has 6 aromatic rings. The molecule has 1 saturated heterocycles. The van der Waals surface area contributed by atoms with Gasteiger partial charge in [-0.05, 0) is 80.4 Å². The molecule has 0 spiro atoms. The number of likely N-dealkylation sites (tertiary alicyclic amines) is 1. The molecule has 7 rings (SSSR count). The Hall–Kier alpha value is -4.28. The highest BCUT2D eigenvalue weighted by Gasteiger charge is 2.20. The average Bonchev–Trinajstić information content (AvgIpc) is 3.74. The molecule has 1 aliphatic rings. The standard InChI is InChI=1S/C29H24FN7OS/c1-16(38)23-4-5-24(39-23)28-27-22(6-7-32-28)33-29(34-27)26-20-11-18(12-21(30)25(20)35-36-26)19-10-17(13-31-14-19)15-37-8-2-3-9-37/h4-7,10-14H,2-3,8-9,15H2,1H3,(H,33,34)(H,35,36). The molecular formula is C29H24FN7OS. The molecule has 0 radical (unpaired) electrons. The van der Waals surface area contributed by atoms with Crippen molar-refractivity contribution in [1.82, 2.24) is 35.0 Å². The van der Waals surface area contributed by atoms with Crippen molar-refractivity contribution in [2.45, 2.75) is 26.3 Å². The number of halogens is 1. The number of aromatic amines is 2. The topological polar surface area (TPSA) is 103 Å². The first kappa shape index (κ1) is 23.8. The predicted octanol–water partition coefficient (Wildman–Crippen LogP) is 6.23. The van der Waals surface area contributed by atoms with E-state index >= 15 is 4.39 Å². The summed E-state index contributed by atoms with van der Waals surface area (Å²) in [5.41, 5.74) is 5.67. The van der Waals surface area contributed by atoms with E-state index in [2.05, 4.69) is 36.1 Å². The Bertz CT molecular complexity index is 1860. The van der Waals surface area contributed by atoms with Gasteiger partial charge in [-0.1, -0.05) is 0 Å². The molecule has 2 N–H and O–H groups in total. The number of imidazole rings is 1. The number of carbonyl (C=O) groups is 1. The second kappa shape index (κ2) is 9.48. The zero-order valence-electron chi connectivity index (χ0n) is 21.2. The molecule has 1 aromatic carbocycles. The van der Waals surface area contributed by atoms with Gasteiger partial charge in [0.05, 0.1) is 15.3 Å². The quantitative estimate of drug-likeness (QED) is 0.244. The van der Waals surface area contributed by atoms with E-state index in [4.69, 9.17) is 4.98 Å². The molecule has 1 fully saturated rings. The number of nitrogens with zero attached hydrogens (tertiary/aromatic N) is 5. The minimum Gasteiger partial charge on any atom is -0.337 e. The van der Waals surface area contributed by atoms with Crippen molar-refractivity contribution in [3.63, 3.8) is 0 Å². The van der Waals surface area contributed by atoms with E-state index < -0.39 is 5.82 Å². The maximum absolute atomic E-state index is 15.3. The van der Waals surface area contributed by atoms with Crippen LogP contribution in [0, 0.1) is 5.82 Å². The Morgan fingerprint density at radius 3 is 2.77 bits per heavy atom. The first-order valence-electron chi connectivity index (χ1n) is 12.8. The number of nitrogens with one attached hydrogen (secondary N) is 2. The molecular weight excluding hydrogens is 513 g/mol. The molecule has 0 saturated carbocycles. The number of pyridine rings is 2. The highest BCUT2D eigenvalue weighted by Crippen LogP contribution is 2.35. The number of Topliss-reactive ketones (excluding diaryl/α,β-unsaturated/α-hetero) is 1. The molecule has 1 aliphatic heterocycles. The second-order valence-corrected chi connectivity index (χ2v) is 11.0. The average molecular weight is 538 g/mol. The fourth-order valence-electron chi connectivity index (χ4n) is 5.24. The number of aromatic nitrogens is 6.